The van der Waals surface area contributed by atoms with Crippen molar-refractivity contribution in [1.29, 1.82) is 0 Å². The molecule has 3 aromatic rings. The Kier molecular flexibility index (Phi) is 8.88. The number of benzene rings is 2. The summed E-state index contributed by atoms with van der Waals surface area (Å²) < 4.78 is 34.6. The lowest BCUT2D eigenvalue weighted by molar-refractivity contribution is 0.415. The van der Waals surface area contributed by atoms with E-state index in [1.807, 2.05) is 50.2 Å². The van der Waals surface area contributed by atoms with Crippen LogP contribution in [0.5, 0.6) is 5.75 Å². The van der Waals surface area contributed by atoms with Crippen LogP contribution in [0.25, 0.3) is 11.3 Å². The van der Waals surface area contributed by atoms with E-state index in [-0.39, 0.29) is 0 Å². The fourth-order valence-electron chi connectivity index (χ4n) is 3.66. The van der Waals surface area contributed by atoms with Crippen LogP contribution in [0.15, 0.2) is 63.8 Å². The molecule has 0 aliphatic heterocycles. The Balaban J connectivity index is 1.99. The zero-order valence-electron chi connectivity index (χ0n) is 19.8. The molecule has 6 nitrogen and oxygen atoms in total. The number of hydrogen-bond donors (Lipinski definition) is 0. The number of nitrogens with zero attached hydrogens (tertiary/aromatic N) is 3. The lowest BCUT2D eigenvalue weighted by Gasteiger charge is -2.18. The van der Waals surface area contributed by atoms with E-state index in [9.17, 15) is 8.42 Å². The van der Waals surface area contributed by atoms with Crippen LogP contribution in [-0.4, -0.2) is 37.5 Å². The normalized spacial score (nSPS) is 12.5. The third kappa shape index (κ3) is 5.93. The molecule has 0 radical (unpaired) electrons. The number of ether oxygens (including phenoxy) is 1. The number of unbranched alkanes of at least 4 members (excludes halogenated alkanes) is 2. The van der Waals surface area contributed by atoms with E-state index in [1.165, 1.54) is 4.31 Å². The van der Waals surface area contributed by atoms with Gasteiger partial charge in [-0.1, -0.05) is 45.7 Å². The molecule has 0 N–H and O–H groups in total. The van der Waals surface area contributed by atoms with Crippen molar-refractivity contribution < 1.29 is 13.2 Å². The fourth-order valence-corrected chi connectivity index (χ4v) is 6.08. The van der Waals surface area contributed by atoms with Crippen molar-refractivity contribution in [2.75, 3.05) is 20.2 Å². The quantitative estimate of drug-likeness (QED) is 0.327. The van der Waals surface area contributed by atoms with E-state index in [0.29, 0.717) is 18.0 Å². The van der Waals surface area contributed by atoms with Crippen molar-refractivity contribution in [2.24, 2.45) is 4.99 Å². The predicted octanol–water partition coefficient (Wildman–Crippen LogP) is 5.68. The number of rotatable bonds is 11. The first kappa shape index (κ1) is 25.2. The maximum absolute atomic E-state index is 12.8. The Labute approximate surface area is 201 Å². The number of thiazole rings is 1. The van der Waals surface area contributed by atoms with Crippen LogP contribution in [0, 0.1) is 0 Å². The van der Waals surface area contributed by atoms with Crippen molar-refractivity contribution >= 4 is 27.0 Å². The average molecular weight is 488 g/mol. The number of sulfonamides is 1. The molecule has 1 aromatic heterocycles. The van der Waals surface area contributed by atoms with Crippen molar-refractivity contribution in [1.82, 2.24) is 8.87 Å². The van der Waals surface area contributed by atoms with Crippen molar-refractivity contribution in [3.8, 4) is 17.0 Å². The molecular formula is C25H33N3O3S2. The highest BCUT2D eigenvalue weighted by Crippen LogP contribution is 2.25. The van der Waals surface area contributed by atoms with Crippen molar-refractivity contribution in [3.63, 3.8) is 0 Å². The van der Waals surface area contributed by atoms with E-state index in [4.69, 9.17) is 9.73 Å². The average Bonchev–Trinajstić information content (AvgIpc) is 3.22. The monoisotopic (exact) mass is 487 g/mol. The fraction of sp³-hybridized carbons (Fsp3) is 0.400. The molecular weight excluding hydrogens is 454 g/mol. The molecule has 3 rings (SSSR count). The Morgan fingerprint density at radius 2 is 1.64 bits per heavy atom. The SMILES string of the molecule is CCCCCn1c(-c2ccc(S(=O)(=O)N(CC)CC)cc2)csc1=Nc1ccc(OC)cc1. The van der Waals surface area contributed by atoms with E-state index in [2.05, 4.69) is 16.9 Å². The van der Waals surface area contributed by atoms with Crippen molar-refractivity contribution in [2.45, 2.75) is 51.5 Å². The summed E-state index contributed by atoms with van der Waals surface area (Å²) in [6.07, 6.45) is 3.35. The van der Waals surface area contributed by atoms with Gasteiger partial charge in [0.15, 0.2) is 4.80 Å². The first-order valence-corrected chi connectivity index (χ1v) is 13.7. The number of aromatic nitrogens is 1. The van der Waals surface area contributed by atoms with Crippen LogP contribution >= 0.6 is 11.3 Å². The summed E-state index contributed by atoms with van der Waals surface area (Å²) in [6.45, 7) is 7.68. The molecule has 0 saturated heterocycles. The molecule has 0 spiro atoms. The highest BCUT2D eigenvalue weighted by Gasteiger charge is 2.21. The van der Waals surface area contributed by atoms with Crippen LogP contribution in [0.1, 0.15) is 40.0 Å². The second kappa shape index (κ2) is 11.6. The maximum atomic E-state index is 12.8. The summed E-state index contributed by atoms with van der Waals surface area (Å²) >= 11 is 1.59. The lowest BCUT2D eigenvalue weighted by Crippen LogP contribution is -2.30. The van der Waals surface area contributed by atoms with Crippen LogP contribution in [0.2, 0.25) is 0 Å². The van der Waals surface area contributed by atoms with Crippen molar-refractivity contribution in [3.05, 3.63) is 58.7 Å². The first-order valence-electron chi connectivity index (χ1n) is 11.4. The third-order valence-electron chi connectivity index (χ3n) is 5.57. The Morgan fingerprint density at radius 3 is 2.21 bits per heavy atom. The predicted molar refractivity (Wildman–Crippen MR) is 136 cm³/mol. The molecule has 8 heteroatoms. The zero-order valence-corrected chi connectivity index (χ0v) is 21.5. The van der Waals surface area contributed by atoms with Gasteiger partial charge in [0.2, 0.25) is 10.0 Å². The molecule has 0 saturated carbocycles. The van der Waals surface area contributed by atoms with Gasteiger partial charge in [0.25, 0.3) is 0 Å². The van der Waals surface area contributed by atoms with Gasteiger partial charge in [-0.25, -0.2) is 13.4 Å². The van der Waals surface area contributed by atoms with E-state index >= 15 is 0 Å². The molecule has 0 bridgehead atoms. The second-order valence-electron chi connectivity index (χ2n) is 7.69. The van der Waals surface area contributed by atoms with Gasteiger partial charge in [-0.05, 0) is 48.4 Å². The molecule has 1 heterocycles. The maximum Gasteiger partial charge on any atom is 0.243 e. The zero-order chi connectivity index (χ0) is 23.8. The molecule has 0 unspecified atom stereocenters. The van der Waals surface area contributed by atoms with Gasteiger partial charge in [0, 0.05) is 25.0 Å². The Hall–Kier alpha value is -2.42. The van der Waals surface area contributed by atoms with Gasteiger partial charge in [0.05, 0.1) is 23.4 Å². The Morgan fingerprint density at radius 1 is 0.970 bits per heavy atom. The molecule has 0 amide bonds. The summed E-state index contributed by atoms with van der Waals surface area (Å²) in [4.78, 5) is 6.11. The molecule has 178 valence electrons. The van der Waals surface area contributed by atoms with Gasteiger partial charge in [-0.15, -0.1) is 11.3 Å². The number of methoxy groups -OCH3 is 1. The molecule has 33 heavy (non-hydrogen) atoms. The van der Waals surface area contributed by atoms with Crippen LogP contribution in [0.4, 0.5) is 5.69 Å². The summed E-state index contributed by atoms with van der Waals surface area (Å²) in [7, 11) is -1.82. The van der Waals surface area contributed by atoms with E-state index in [1.54, 1.807) is 30.6 Å². The minimum absolute atomic E-state index is 0.325. The minimum Gasteiger partial charge on any atom is -0.497 e. The molecule has 0 aliphatic rings. The summed E-state index contributed by atoms with van der Waals surface area (Å²) in [5, 5.41) is 2.10. The Bertz CT molecular complexity index is 1190. The smallest absolute Gasteiger partial charge is 0.243 e. The van der Waals surface area contributed by atoms with Crippen LogP contribution in [0.3, 0.4) is 0 Å². The third-order valence-corrected chi connectivity index (χ3v) is 8.50. The number of hydrogen-bond acceptors (Lipinski definition) is 5. The first-order chi connectivity index (χ1) is 15.9. The van der Waals surface area contributed by atoms with E-state index < -0.39 is 10.0 Å². The highest BCUT2D eigenvalue weighted by atomic mass is 32.2. The van der Waals surface area contributed by atoms with Gasteiger partial charge >= 0.3 is 0 Å². The lowest BCUT2D eigenvalue weighted by atomic mass is 10.1. The highest BCUT2D eigenvalue weighted by molar-refractivity contribution is 7.89. The molecule has 0 aliphatic carbocycles. The summed E-state index contributed by atoms with van der Waals surface area (Å²) in [5.74, 6) is 0.802. The molecule has 2 aromatic carbocycles. The molecule has 0 fully saturated rings. The van der Waals surface area contributed by atoms with E-state index in [0.717, 1.165) is 53.3 Å². The molecule has 0 atom stereocenters. The standard InChI is InChI=1S/C25H33N3O3S2/c1-5-8-9-18-28-24(19-32-25(28)26-21-12-14-22(31-4)15-13-21)20-10-16-23(17-11-20)33(29,30)27(6-2)7-3/h10-17,19H,5-9,18H2,1-4H3. The largest absolute Gasteiger partial charge is 0.497 e. The van der Waals surface area contributed by atoms with Gasteiger partial charge in [-0.2, -0.15) is 4.31 Å². The minimum atomic E-state index is -3.47. The van der Waals surface area contributed by atoms with Gasteiger partial charge in [0.1, 0.15) is 5.75 Å². The summed E-state index contributed by atoms with van der Waals surface area (Å²) in [5.41, 5.74) is 2.90. The second-order valence-corrected chi connectivity index (χ2v) is 10.5. The van der Waals surface area contributed by atoms with Gasteiger partial charge < -0.3 is 9.30 Å². The topological polar surface area (TPSA) is 63.9 Å². The van der Waals surface area contributed by atoms with Crippen LogP contribution < -0.4 is 9.54 Å². The van der Waals surface area contributed by atoms with Crippen LogP contribution in [-0.2, 0) is 16.6 Å². The van der Waals surface area contributed by atoms with Gasteiger partial charge in [-0.3, -0.25) is 0 Å². The summed E-state index contributed by atoms with van der Waals surface area (Å²) in [6, 6.07) is 14.9.